The summed E-state index contributed by atoms with van der Waals surface area (Å²) in [4.78, 5) is 12.5. The van der Waals surface area contributed by atoms with Crippen LogP contribution in [0.2, 0.25) is 0 Å². The van der Waals surface area contributed by atoms with Crippen molar-refractivity contribution in [3.05, 3.63) is 20.8 Å². The zero-order valence-electron chi connectivity index (χ0n) is 9.37. The second kappa shape index (κ2) is 6.37. The molecule has 5 heteroatoms. The van der Waals surface area contributed by atoms with E-state index in [0.717, 1.165) is 3.79 Å². The largest absolute Gasteiger partial charge is 0.396 e. The molecule has 0 bridgehead atoms. The van der Waals surface area contributed by atoms with E-state index in [2.05, 4.69) is 21.2 Å². The Morgan fingerprint density at radius 2 is 2.25 bits per heavy atom. The van der Waals surface area contributed by atoms with Crippen LogP contribution in [-0.2, 0) is 0 Å². The van der Waals surface area contributed by atoms with Crippen molar-refractivity contribution in [2.24, 2.45) is 5.92 Å². The lowest BCUT2D eigenvalue weighted by molar-refractivity contribution is 0.0921. The number of carbonyl (C=O) groups is 1. The molecule has 1 aromatic rings. The number of carbonyl (C=O) groups excluding carboxylic acids is 1. The first kappa shape index (κ1) is 13.7. The summed E-state index contributed by atoms with van der Waals surface area (Å²) in [5.74, 6) is 0.252. The molecule has 1 heterocycles. The molecule has 0 aromatic carbocycles. The van der Waals surface area contributed by atoms with Crippen LogP contribution in [0.3, 0.4) is 0 Å². The van der Waals surface area contributed by atoms with Crippen LogP contribution in [0, 0.1) is 5.92 Å². The van der Waals surface area contributed by atoms with E-state index < -0.39 is 0 Å². The van der Waals surface area contributed by atoms with Crippen LogP contribution in [0.25, 0.3) is 0 Å². The van der Waals surface area contributed by atoms with E-state index in [1.54, 1.807) is 6.07 Å². The SMILES string of the molecule is CC(C)C(CCO)NC(=O)c1ccc(Br)s1. The van der Waals surface area contributed by atoms with Crippen molar-refractivity contribution in [3.8, 4) is 0 Å². The predicted octanol–water partition coefficient (Wildman–Crippen LogP) is 2.65. The summed E-state index contributed by atoms with van der Waals surface area (Å²) in [5.41, 5.74) is 0. The van der Waals surface area contributed by atoms with Gasteiger partial charge in [-0.15, -0.1) is 11.3 Å². The molecule has 1 atom stereocenters. The van der Waals surface area contributed by atoms with Crippen LogP contribution in [0.5, 0.6) is 0 Å². The number of halogens is 1. The van der Waals surface area contributed by atoms with Crippen molar-refractivity contribution >= 4 is 33.2 Å². The maximum atomic E-state index is 11.8. The monoisotopic (exact) mass is 305 g/mol. The molecule has 0 aliphatic carbocycles. The van der Waals surface area contributed by atoms with Crippen LogP contribution in [0.4, 0.5) is 0 Å². The highest BCUT2D eigenvalue weighted by Gasteiger charge is 2.17. The highest BCUT2D eigenvalue weighted by atomic mass is 79.9. The van der Waals surface area contributed by atoms with Gasteiger partial charge in [0.2, 0.25) is 0 Å². The molecular formula is C11H16BrNO2S. The smallest absolute Gasteiger partial charge is 0.261 e. The van der Waals surface area contributed by atoms with E-state index in [1.165, 1.54) is 11.3 Å². The summed E-state index contributed by atoms with van der Waals surface area (Å²) >= 11 is 4.73. The van der Waals surface area contributed by atoms with Crippen molar-refractivity contribution < 1.29 is 9.90 Å². The number of rotatable bonds is 5. The number of aliphatic hydroxyl groups is 1. The zero-order chi connectivity index (χ0) is 12.1. The van der Waals surface area contributed by atoms with Crippen LogP contribution in [0.1, 0.15) is 29.9 Å². The molecule has 90 valence electrons. The summed E-state index contributed by atoms with van der Waals surface area (Å²) in [6, 6.07) is 3.68. The molecule has 0 saturated carbocycles. The highest BCUT2D eigenvalue weighted by Crippen LogP contribution is 2.22. The summed E-state index contributed by atoms with van der Waals surface area (Å²) in [7, 11) is 0. The van der Waals surface area contributed by atoms with Gasteiger partial charge in [-0.25, -0.2) is 0 Å². The second-order valence-electron chi connectivity index (χ2n) is 3.94. The molecule has 16 heavy (non-hydrogen) atoms. The van der Waals surface area contributed by atoms with Crippen LogP contribution < -0.4 is 5.32 Å². The lowest BCUT2D eigenvalue weighted by atomic mass is 10.0. The number of thiophene rings is 1. The predicted molar refractivity (Wildman–Crippen MR) is 69.8 cm³/mol. The molecule has 0 spiro atoms. The second-order valence-corrected chi connectivity index (χ2v) is 6.40. The van der Waals surface area contributed by atoms with E-state index in [1.807, 2.05) is 19.9 Å². The van der Waals surface area contributed by atoms with Gasteiger partial charge >= 0.3 is 0 Å². The molecule has 1 rings (SSSR count). The minimum atomic E-state index is -0.0668. The number of amides is 1. The number of aliphatic hydroxyl groups excluding tert-OH is 1. The maximum Gasteiger partial charge on any atom is 0.261 e. The first-order valence-electron chi connectivity index (χ1n) is 5.21. The average Bonchev–Trinajstić information content (AvgIpc) is 2.64. The average molecular weight is 306 g/mol. The molecular weight excluding hydrogens is 290 g/mol. The molecule has 0 aliphatic heterocycles. The lowest BCUT2D eigenvalue weighted by Crippen LogP contribution is -2.38. The van der Waals surface area contributed by atoms with Gasteiger partial charge in [0.15, 0.2) is 0 Å². The molecule has 0 fully saturated rings. The molecule has 1 amide bonds. The Hall–Kier alpha value is -0.390. The van der Waals surface area contributed by atoms with Crippen molar-refractivity contribution in [1.29, 1.82) is 0 Å². The minimum absolute atomic E-state index is 0.0263. The molecule has 3 nitrogen and oxygen atoms in total. The van der Waals surface area contributed by atoms with Crippen molar-refractivity contribution in [2.45, 2.75) is 26.3 Å². The van der Waals surface area contributed by atoms with Gasteiger partial charge in [-0.1, -0.05) is 13.8 Å². The highest BCUT2D eigenvalue weighted by molar-refractivity contribution is 9.11. The summed E-state index contributed by atoms with van der Waals surface area (Å²) in [5, 5.41) is 11.9. The van der Waals surface area contributed by atoms with Crippen molar-refractivity contribution in [3.63, 3.8) is 0 Å². The molecule has 2 N–H and O–H groups in total. The first-order chi connectivity index (χ1) is 7.54. The van der Waals surface area contributed by atoms with Gasteiger partial charge < -0.3 is 10.4 Å². The van der Waals surface area contributed by atoms with E-state index in [0.29, 0.717) is 17.2 Å². The Balaban J connectivity index is 2.61. The van der Waals surface area contributed by atoms with Gasteiger partial charge in [0.25, 0.3) is 5.91 Å². The third-order valence-corrected chi connectivity index (χ3v) is 3.98. The Morgan fingerprint density at radius 1 is 1.56 bits per heavy atom. The fraction of sp³-hybridized carbons (Fsp3) is 0.545. The third kappa shape index (κ3) is 3.88. The fourth-order valence-electron chi connectivity index (χ4n) is 1.39. The summed E-state index contributed by atoms with van der Waals surface area (Å²) in [6.45, 7) is 4.16. The van der Waals surface area contributed by atoms with Crippen LogP contribution in [0.15, 0.2) is 15.9 Å². The lowest BCUT2D eigenvalue weighted by Gasteiger charge is -2.20. The molecule has 1 unspecified atom stereocenters. The normalized spacial score (nSPS) is 12.8. The van der Waals surface area contributed by atoms with E-state index in [9.17, 15) is 4.79 Å². The summed E-state index contributed by atoms with van der Waals surface area (Å²) < 4.78 is 0.945. The van der Waals surface area contributed by atoms with Gasteiger partial charge in [-0.2, -0.15) is 0 Å². The van der Waals surface area contributed by atoms with Crippen molar-refractivity contribution in [2.75, 3.05) is 6.61 Å². The zero-order valence-corrected chi connectivity index (χ0v) is 11.8. The Labute approximate surface area is 108 Å². The molecule has 0 saturated heterocycles. The number of hydrogen-bond acceptors (Lipinski definition) is 3. The molecule has 1 aromatic heterocycles. The molecule has 0 aliphatic rings. The maximum absolute atomic E-state index is 11.8. The Kier molecular flexibility index (Phi) is 5.44. The first-order valence-corrected chi connectivity index (χ1v) is 6.82. The van der Waals surface area contributed by atoms with Gasteiger partial charge in [-0.05, 0) is 40.4 Å². The van der Waals surface area contributed by atoms with Crippen LogP contribution in [-0.4, -0.2) is 23.7 Å². The van der Waals surface area contributed by atoms with E-state index >= 15 is 0 Å². The van der Waals surface area contributed by atoms with E-state index in [-0.39, 0.29) is 18.6 Å². The third-order valence-electron chi connectivity index (χ3n) is 2.36. The Bertz CT molecular complexity index is 352. The standard InChI is InChI=1S/C11H16BrNO2S/c1-7(2)8(5-6-14)13-11(15)9-3-4-10(12)16-9/h3-4,7-8,14H,5-6H2,1-2H3,(H,13,15). The quantitative estimate of drug-likeness (QED) is 0.878. The van der Waals surface area contributed by atoms with Gasteiger partial charge in [0.05, 0.1) is 8.66 Å². The number of nitrogens with one attached hydrogen (secondary N) is 1. The molecule has 0 radical (unpaired) electrons. The summed E-state index contributed by atoms with van der Waals surface area (Å²) in [6.07, 6.45) is 0.593. The Morgan fingerprint density at radius 3 is 2.69 bits per heavy atom. The number of hydrogen-bond donors (Lipinski definition) is 2. The van der Waals surface area contributed by atoms with Gasteiger partial charge in [-0.3, -0.25) is 4.79 Å². The minimum Gasteiger partial charge on any atom is -0.396 e. The topological polar surface area (TPSA) is 49.3 Å². The van der Waals surface area contributed by atoms with Gasteiger partial charge in [0, 0.05) is 12.6 Å². The van der Waals surface area contributed by atoms with Crippen molar-refractivity contribution in [1.82, 2.24) is 5.32 Å². The fourth-order valence-corrected chi connectivity index (χ4v) is 2.68. The van der Waals surface area contributed by atoms with E-state index in [4.69, 9.17) is 5.11 Å². The van der Waals surface area contributed by atoms with Gasteiger partial charge in [0.1, 0.15) is 0 Å². The van der Waals surface area contributed by atoms with Crippen LogP contribution >= 0.6 is 27.3 Å².